The maximum absolute atomic E-state index is 11.5. The molecule has 0 aliphatic rings. The first-order chi connectivity index (χ1) is 14.1. The first kappa shape index (κ1) is 18.4. The van der Waals surface area contributed by atoms with Crippen molar-refractivity contribution in [1.29, 1.82) is 0 Å². The zero-order valence-electron chi connectivity index (χ0n) is 16.2. The second kappa shape index (κ2) is 7.59. The summed E-state index contributed by atoms with van der Waals surface area (Å²) >= 11 is 0. The van der Waals surface area contributed by atoms with Gasteiger partial charge in [0.1, 0.15) is 23.0 Å². The zero-order chi connectivity index (χ0) is 20.4. The summed E-state index contributed by atoms with van der Waals surface area (Å²) in [5.41, 5.74) is 4.03. The number of esters is 1. The fourth-order valence-corrected chi connectivity index (χ4v) is 3.10. The lowest BCUT2D eigenvalue weighted by atomic mass is 10.1. The molecule has 0 aliphatic heterocycles. The molecule has 0 bridgehead atoms. The summed E-state index contributed by atoms with van der Waals surface area (Å²) in [6.45, 7) is 1.97. The molecule has 0 spiro atoms. The Bertz CT molecular complexity index is 1180. The predicted octanol–water partition coefficient (Wildman–Crippen LogP) is 3.64. The molecule has 0 fully saturated rings. The van der Waals surface area contributed by atoms with Gasteiger partial charge in [0, 0.05) is 30.2 Å². The van der Waals surface area contributed by atoms with Gasteiger partial charge in [-0.05, 0) is 37.3 Å². The van der Waals surface area contributed by atoms with Crippen molar-refractivity contribution in [3.63, 3.8) is 0 Å². The van der Waals surface area contributed by atoms with Crippen molar-refractivity contribution in [1.82, 2.24) is 19.4 Å². The van der Waals surface area contributed by atoms with Crippen LogP contribution in [-0.2, 0) is 4.74 Å². The molecular weight excluding hydrogens is 370 g/mol. The van der Waals surface area contributed by atoms with E-state index in [4.69, 9.17) is 4.74 Å². The molecule has 4 aromatic heterocycles. The number of pyridine rings is 3. The fraction of sp³-hybridized carbons (Fsp3) is 0.143. The second-order valence-corrected chi connectivity index (χ2v) is 6.32. The van der Waals surface area contributed by atoms with Gasteiger partial charge in [-0.15, -0.1) is 0 Å². The van der Waals surface area contributed by atoms with Crippen LogP contribution in [0.15, 0.2) is 55.0 Å². The van der Waals surface area contributed by atoms with E-state index >= 15 is 0 Å². The van der Waals surface area contributed by atoms with Gasteiger partial charge in [-0.25, -0.2) is 19.7 Å². The Hall–Kier alpha value is -3.94. The second-order valence-electron chi connectivity index (χ2n) is 6.32. The van der Waals surface area contributed by atoms with Crippen molar-refractivity contribution in [2.75, 3.05) is 19.5 Å². The van der Waals surface area contributed by atoms with Crippen molar-refractivity contribution in [2.24, 2.45) is 0 Å². The topological polar surface area (TPSA) is 90.6 Å². The Kier molecular flexibility index (Phi) is 4.82. The molecule has 29 heavy (non-hydrogen) atoms. The smallest absolute Gasteiger partial charge is 0.339 e. The van der Waals surface area contributed by atoms with E-state index < -0.39 is 5.97 Å². The highest BCUT2D eigenvalue weighted by molar-refractivity contribution is 5.89. The van der Waals surface area contributed by atoms with Gasteiger partial charge in [0.2, 0.25) is 0 Å². The normalized spacial score (nSPS) is 10.7. The third-order valence-electron chi connectivity index (χ3n) is 4.48. The molecule has 4 heterocycles. The molecule has 146 valence electrons. The molecular formula is C21H19N5O3. The van der Waals surface area contributed by atoms with E-state index in [1.807, 2.05) is 41.8 Å². The minimum absolute atomic E-state index is 0.386. The number of aryl methyl sites for hydroxylation is 1. The van der Waals surface area contributed by atoms with E-state index in [9.17, 15) is 4.79 Å². The maximum Gasteiger partial charge on any atom is 0.339 e. The molecule has 0 aromatic carbocycles. The first-order valence-corrected chi connectivity index (χ1v) is 8.89. The van der Waals surface area contributed by atoms with Crippen molar-refractivity contribution >= 4 is 23.3 Å². The summed E-state index contributed by atoms with van der Waals surface area (Å²) in [5, 5.41) is 3.15. The third-order valence-corrected chi connectivity index (χ3v) is 4.48. The molecule has 0 unspecified atom stereocenters. The standard InChI is InChI=1S/C21H19N5O3/c1-13-20(26-9-7-16(28-2)11-19(26)24-13)14-6-8-22-18(10-14)25-17-5-4-15(12-23-17)21(27)29-3/h4-12H,1-3H3,(H,22,23,25). The Balaban J connectivity index is 1.65. The van der Waals surface area contributed by atoms with Crippen molar-refractivity contribution in [3.8, 4) is 17.0 Å². The molecule has 8 heteroatoms. The summed E-state index contributed by atoms with van der Waals surface area (Å²) in [6.07, 6.45) is 5.12. The molecule has 0 aliphatic carbocycles. The van der Waals surface area contributed by atoms with E-state index in [1.54, 1.807) is 25.4 Å². The molecule has 0 radical (unpaired) electrons. The number of carbonyl (C=O) groups is 1. The lowest BCUT2D eigenvalue weighted by Crippen LogP contribution is -2.03. The highest BCUT2D eigenvalue weighted by Crippen LogP contribution is 2.28. The molecule has 4 aromatic rings. The number of imidazole rings is 1. The molecule has 1 N–H and O–H groups in total. The summed E-state index contributed by atoms with van der Waals surface area (Å²) in [5.74, 6) is 1.53. The van der Waals surface area contributed by atoms with Crippen LogP contribution in [0.2, 0.25) is 0 Å². The summed E-state index contributed by atoms with van der Waals surface area (Å²) in [7, 11) is 2.97. The van der Waals surface area contributed by atoms with E-state index in [-0.39, 0.29) is 0 Å². The lowest BCUT2D eigenvalue weighted by molar-refractivity contribution is 0.0600. The van der Waals surface area contributed by atoms with Crippen molar-refractivity contribution in [3.05, 3.63) is 66.2 Å². The Morgan fingerprint density at radius 2 is 1.93 bits per heavy atom. The number of nitrogens with one attached hydrogen (secondary N) is 1. The number of nitrogens with zero attached hydrogens (tertiary/aromatic N) is 4. The Morgan fingerprint density at radius 1 is 1.07 bits per heavy atom. The molecule has 0 saturated carbocycles. The van der Waals surface area contributed by atoms with Gasteiger partial charge in [0.25, 0.3) is 0 Å². The van der Waals surface area contributed by atoms with E-state index in [0.29, 0.717) is 17.2 Å². The highest BCUT2D eigenvalue weighted by atomic mass is 16.5. The average molecular weight is 389 g/mol. The van der Waals surface area contributed by atoms with Gasteiger partial charge in [-0.2, -0.15) is 0 Å². The fourth-order valence-electron chi connectivity index (χ4n) is 3.10. The third kappa shape index (κ3) is 3.60. The van der Waals surface area contributed by atoms with Crippen LogP contribution in [0, 0.1) is 6.92 Å². The number of anilines is 2. The van der Waals surface area contributed by atoms with Crippen molar-refractivity contribution in [2.45, 2.75) is 6.92 Å². The first-order valence-electron chi connectivity index (χ1n) is 8.89. The van der Waals surface area contributed by atoms with Crippen LogP contribution in [-0.4, -0.2) is 39.5 Å². The van der Waals surface area contributed by atoms with Crippen LogP contribution < -0.4 is 10.1 Å². The summed E-state index contributed by atoms with van der Waals surface area (Å²) in [6, 6.07) is 11.0. The number of fused-ring (bicyclic) bond motifs is 1. The number of hydrogen-bond donors (Lipinski definition) is 1. The summed E-state index contributed by atoms with van der Waals surface area (Å²) in [4.78, 5) is 24.8. The number of methoxy groups -OCH3 is 2. The molecule has 4 rings (SSSR count). The van der Waals surface area contributed by atoms with Gasteiger partial charge in [-0.3, -0.25) is 4.40 Å². The predicted molar refractivity (Wildman–Crippen MR) is 109 cm³/mol. The van der Waals surface area contributed by atoms with Gasteiger partial charge >= 0.3 is 5.97 Å². The largest absolute Gasteiger partial charge is 0.497 e. The van der Waals surface area contributed by atoms with Gasteiger partial charge < -0.3 is 14.8 Å². The van der Waals surface area contributed by atoms with Crippen LogP contribution in [0.3, 0.4) is 0 Å². The monoisotopic (exact) mass is 389 g/mol. The SMILES string of the molecule is COC(=O)c1ccc(Nc2cc(-c3c(C)nc4cc(OC)ccn34)ccn2)nc1. The van der Waals surface area contributed by atoms with Crippen molar-refractivity contribution < 1.29 is 14.3 Å². The zero-order valence-corrected chi connectivity index (χ0v) is 16.2. The number of aromatic nitrogens is 4. The van der Waals surface area contributed by atoms with Crippen LogP contribution >= 0.6 is 0 Å². The van der Waals surface area contributed by atoms with Gasteiger partial charge in [0.15, 0.2) is 0 Å². The Labute approximate surface area is 167 Å². The molecule has 0 saturated heterocycles. The van der Waals surface area contributed by atoms with E-state index in [2.05, 4.69) is 25.0 Å². The average Bonchev–Trinajstić information content (AvgIpc) is 3.08. The van der Waals surface area contributed by atoms with Gasteiger partial charge in [-0.1, -0.05) is 0 Å². The number of hydrogen-bond acceptors (Lipinski definition) is 7. The van der Waals surface area contributed by atoms with E-state index in [1.165, 1.54) is 13.3 Å². The maximum atomic E-state index is 11.5. The Morgan fingerprint density at radius 3 is 2.66 bits per heavy atom. The van der Waals surface area contributed by atoms with Gasteiger partial charge in [0.05, 0.1) is 31.2 Å². The number of ether oxygens (including phenoxy) is 2. The number of carbonyl (C=O) groups excluding carboxylic acids is 1. The minimum atomic E-state index is -0.427. The lowest BCUT2D eigenvalue weighted by Gasteiger charge is -2.08. The van der Waals surface area contributed by atoms with Crippen LogP contribution in [0.1, 0.15) is 16.1 Å². The molecule has 0 amide bonds. The number of rotatable bonds is 5. The summed E-state index contributed by atoms with van der Waals surface area (Å²) < 4.78 is 12.0. The van der Waals surface area contributed by atoms with Crippen LogP contribution in [0.25, 0.3) is 16.9 Å². The highest BCUT2D eigenvalue weighted by Gasteiger charge is 2.13. The van der Waals surface area contributed by atoms with Crippen LogP contribution in [0.5, 0.6) is 5.75 Å². The molecule has 0 atom stereocenters. The van der Waals surface area contributed by atoms with E-state index in [0.717, 1.165) is 28.3 Å². The molecule has 8 nitrogen and oxygen atoms in total. The van der Waals surface area contributed by atoms with Crippen LogP contribution in [0.4, 0.5) is 11.6 Å². The quantitative estimate of drug-likeness (QED) is 0.521. The minimum Gasteiger partial charge on any atom is -0.497 e.